The summed E-state index contributed by atoms with van der Waals surface area (Å²) in [7, 11) is 0. The van der Waals surface area contributed by atoms with Gasteiger partial charge in [-0.15, -0.1) is 0 Å². The third-order valence-electron chi connectivity index (χ3n) is 16.9. The number of para-hydroxylation sites is 4. The van der Waals surface area contributed by atoms with Gasteiger partial charge in [0.25, 0.3) is 6.71 Å². The maximum atomic E-state index is 13.7. The molecular formula is C78H52BN5O2. The Morgan fingerprint density at radius 1 is 0.372 bits per heavy atom. The predicted octanol–water partition coefficient (Wildman–Crippen LogP) is 17.3. The first-order chi connectivity index (χ1) is 42.6. The molecule has 0 saturated carbocycles. The highest BCUT2D eigenvalue weighted by atomic mass is 16.5. The molecule has 0 bridgehead atoms. The van der Waals surface area contributed by atoms with Gasteiger partial charge in [-0.3, -0.25) is 0 Å². The van der Waals surface area contributed by atoms with Crippen molar-refractivity contribution >= 4 is 85.0 Å². The molecule has 0 unspecified atom stereocenters. The number of fused-ring (bicyclic) bond motifs is 7. The van der Waals surface area contributed by atoms with E-state index >= 15 is 0 Å². The number of anilines is 6. The molecule has 2 aromatic heterocycles. The lowest BCUT2D eigenvalue weighted by molar-refractivity contribution is 0.0473. The molecule has 86 heavy (non-hydrogen) atoms. The molecule has 0 N–H and O–H groups in total. The van der Waals surface area contributed by atoms with Crippen molar-refractivity contribution in [2.45, 2.75) is 6.61 Å². The fraction of sp³-hybridized carbons (Fsp3) is 0.0128. The first kappa shape index (κ1) is 50.4. The van der Waals surface area contributed by atoms with Crippen LogP contribution in [0.3, 0.4) is 0 Å². The highest BCUT2D eigenvalue weighted by molar-refractivity contribution is 7.00. The van der Waals surface area contributed by atoms with Gasteiger partial charge in [-0.1, -0.05) is 206 Å². The number of benzene rings is 12. The summed E-state index contributed by atoms with van der Waals surface area (Å²) in [6.07, 6.45) is 0. The van der Waals surface area contributed by atoms with Gasteiger partial charge in [0.05, 0.1) is 33.7 Å². The molecule has 2 aliphatic heterocycles. The maximum Gasteiger partial charge on any atom is 0.338 e. The van der Waals surface area contributed by atoms with E-state index in [0.29, 0.717) is 11.4 Å². The quantitative estimate of drug-likeness (QED) is 0.0950. The number of carbonyl (C=O) groups is 1. The largest absolute Gasteiger partial charge is 0.457 e. The van der Waals surface area contributed by atoms with Crippen molar-refractivity contribution in [3.05, 3.63) is 314 Å². The van der Waals surface area contributed by atoms with Gasteiger partial charge >= 0.3 is 5.97 Å². The van der Waals surface area contributed by atoms with E-state index in [-0.39, 0.29) is 19.3 Å². The van der Waals surface area contributed by atoms with Crippen LogP contribution in [-0.4, -0.2) is 27.2 Å². The molecule has 0 fully saturated rings. The van der Waals surface area contributed by atoms with Crippen LogP contribution in [0.5, 0.6) is 0 Å². The van der Waals surface area contributed by atoms with Crippen molar-refractivity contribution in [3.8, 4) is 61.8 Å². The Balaban J connectivity index is 0.823. The lowest BCUT2D eigenvalue weighted by Gasteiger charge is -2.44. The molecule has 7 nitrogen and oxygen atoms in total. The predicted molar refractivity (Wildman–Crippen MR) is 353 cm³/mol. The summed E-state index contributed by atoms with van der Waals surface area (Å²) in [6, 6.07) is 107. The fourth-order valence-corrected chi connectivity index (χ4v) is 13.0. The van der Waals surface area contributed by atoms with E-state index in [4.69, 9.17) is 14.7 Å². The topological polar surface area (TPSA) is 63.5 Å². The Kier molecular flexibility index (Phi) is 12.4. The number of carbonyl (C=O) groups excluding carboxylic acids is 1. The molecule has 2 aliphatic rings. The van der Waals surface area contributed by atoms with Crippen LogP contribution in [0.4, 0.5) is 34.1 Å². The molecule has 8 heteroatoms. The van der Waals surface area contributed by atoms with E-state index in [1.807, 2.05) is 84.9 Å². The first-order valence-corrected chi connectivity index (χ1v) is 29.1. The summed E-state index contributed by atoms with van der Waals surface area (Å²) in [6.45, 7) is 0.250. The molecular weight excluding hydrogens is 1050 g/mol. The Morgan fingerprint density at radius 3 is 1.58 bits per heavy atom. The van der Waals surface area contributed by atoms with Crippen molar-refractivity contribution in [1.82, 2.24) is 14.5 Å². The second kappa shape index (κ2) is 21.1. The standard InChI is InChI=1S/C78H52BN5O2/c85-78(86-51-52-21-5-1-6-22-52)59-44-46-71-64(49-59)62-31-13-16-34-69(62)84(71)70-45-43-58(77-80-67(55-23-7-2-8-24-55)50-68(81-77)56-25-9-3-10-26-56)48-63(70)54-41-39-53(40-42-54)57-27-19-30-61(47-57)83-73-36-18-15-33-66(73)79-65-32-14-17-35-72(65)82(60-28-11-4-12-29-60)74-37-20-38-75(83)76(74)79/h1-50H,51H2. The minimum Gasteiger partial charge on any atom is -0.457 e. The highest BCUT2D eigenvalue weighted by Gasteiger charge is 2.43. The van der Waals surface area contributed by atoms with Gasteiger partial charge in [-0.05, 0) is 136 Å². The maximum absolute atomic E-state index is 13.7. The van der Waals surface area contributed by atoms with Gasteiger partial charge in [-0.25, -0.2) is 14.8 Å². The second-order valence-corrected chi connectivity index (χ2v) is 22.0. The molecule has 404 valence electrons. The summed E-state index contributed by atoms with van der Waals surface area (Å²) in [5.41, 5.74) is 23.9. The van der Waals surface area contributed by atoms with Gasteiger partial charge in [0.15, 0.2) is 5.82 Å². The van der Waals surface area contributed by atoms with E-state index in [9.17, 15) is 4.79 Å². The van der Waals surface area contributed by atoms with Crippen LogP contribution in [0.15, 0.2) is 303 Å². The Hall–Kier alpha value is -11.3. The number of hydrogen-bond acceptors (Lipinski definition) is 6. The summed E-state index contributed by atoms with van der Waals surface area (Å²) in [5, 5.41) is 1.98. The van der Waals surface area contributed by atoms with E-state index < -0.39 is 0 Å². The number of rotatable bonds is 11. The van der Waals surface area contributed by atoms with E-state index in [0.717, 1.165) is 94.8 Å². The second-order valence-electron chi connectivity index (χ2n) is 22.0. The lowest BCUT2D eigenvalue weighted by Crippen LogP contribution is -2.61. The normalized spacial score (nSPS) is 12.2. The average Bonchev–Trinajstić information content (AvgIpc) is 0.899. The average molecular weight is 1100 g/mol. The van der Waals surface area contributed by atoms with Crippen molar-refractivity contribution in [2.75, 3.05) is 9.80 Å². The van der Waals surface area contributed by atoms with E-state index in [1.165, 1.54) is 39.1 Å². The van der Waals surface area contributed by atoms with Crippen LogP contribution in [0.25, 0.3) is 83.6 Å². The summed E-state index contributed by atoms with van der Waals surface area (Å²) in [5.74, 6) is 0.250. The Bertz CT molecular complexity index is 4860. The number of ether oxygens (including phenoxy) is 1. The van der Waals surface area contributed by atoms with E-state index in [2.05, 4.69) is 233 Å². The van der Waals surface area contributed by atoms with Gasteiger partial charge < -0.3 is 19.1 Å². The van der Waals surface area contributed by atoms with Gasteiger partial charge in [0, 0.05) is 67.2 Å². The smallest absolute Gasteiger partial charge is 0.338 e. The lowest BCUT2D eigenvalue weighted by atomic mass is 9.33. The fourth-order valence-electron chi connectivity index (χ4n) is 13.0. The zero-order valence-corrected chi connectivity index (χ0v) is 46.7. The molecule has 0 spiro atoms. The third-order valence-corrected chi connectivity index (χ3v) is 16.9. The molecule has 0 radical (unpaired) electrons. The van der Waals surface area contributed by atoms with Crippen LogP contribution in [0, 0.1) is 0 Å². The zero-order chi connectivity index (χ0) is 57.1. The molecule has 0 atom stereocenters. The number of aromatic nitrogens is 3. The van der Waals surface area contributed by atoms with Crippen molar-refractivity contribution < 1.29 is 9.53 Å². The molecule has 4 heterocycles. The number of esters is 1. The number of nitrogens with zero attached hydrogens (tertiary/aromatic N) is 5. The van der Waals surface area contributed by atoms with Crippen LogP contribution in [0.1, 0.15) is 15.9 Å². The molecule has 12 aromatic carbocycles. The van der Waals surface area contributed by atoms with Gasteiger partial charge in [0.1, 0.15) is 6.61 Å². The monoisotopic (exact) mass is 1100 g/mol. The summed E-state index contributed by atoms with van der Waals surface area (Å²) in [4.78, 5) is 29.2. The van der Waals surface area contributed by atoms with E-state index in [1.54, 1.807) is 0 Å². The highest BCUT2D eigenvalue weighted by Crippen LogP contribution is 2.45. The molecule has 14 aromatic rings. The first-order valence-electron chi connectivity index (χ1n) is 29.1. The minimum atomic E-state index is -0.370. The summed E-state index contributed by atoms with van der Waals surface area (Å²) >= 11 is 0. The molecule has 0 aliphatic carbocycles. The third kappa shape index (κ3) is 8.74. The molecule has 0 saturated heterocycles. The molecule has 16 rings (SSSR count). The minimum absolute atomic E-state index is 0.0585. The summed E-state index contributed by atoms with van der Waals surface area (Å²) < 4.78 is 8.18. The van der Waals surface area contributed by atoms with Crippen LogP contribution in [0.2, 0.25) is 0 Å². The Morgan fingerprint density at radius 2 is 0.895 bits per heavy atom. The van der Waals surface area contributed by atoms with Crippen molar-refractivity contribution in [1.29, 1.82) is 0 Å². The van der Waals surface area contributed by atoms with Crippen molar-refractivity contribution in [2.24, 2.45) is 0 Å². The van der Waals surface area contributed by atoms with Crippen LogP contribution < -0.4 is 26.2 Å². The van der Waals surface area contributed by atoms with Gasteiger partial charge in [0.2, 0.25) is 0 Å². The van der Waals surface area contributed by atoms with Crippen LogP contribution >= 0.6 is 0 Å². The Labute approximate surface area is 499 Å². The number of hydrogen-bond donors (Lipinski definition) is 0. The SMILES string of the molecule is O=C(OCc1ccccc1)c1ccc2c(c1)c1ccccc1n2-c1ccc(-c2nc(-c3ccccc3)cc(-c3ccccc3)n2)cc1-c1ccc(-c2cccc(N3c4ccccc4B4c5ccccc5N(c5ccccc5)c5cccc3c54)c2)cc1. The van der Waals surface area contributed by atoms with Crippen molar-refractivity contribution in [3.63, 3.8) is 0 Å². The zero-order valence-electron chi connectivity index (χ0n) is 46.7. The molecule has 0 amide bonds. The van der Waals surface area contributed by atoms with Gasteiger partial charge in [-0.2, -0.15) is 0 Å². The van der Waals surface area contributed by atoms with Crippen LogP contribution in [-0.2, 0) is 11.3 Å².